The van der Waals surface area contributed by atoms with E-state index in [2.05, 4.69) is 15.4 Å². The Morgan fingerprint density at radius 2 is 1.73 bits per heavy atom. The highest BCUT2D eigenvalue weighted by molar-refractivity contribution is 7.91. The maximum atomic E-state index is 15.0. The molecule has 3 aliphatic heterocycles. The van der Waals surface area contributed by atoms with E-state index < -0.39 is 85.9 Å². The molecular formula is C47H56F3N5O11S. The fourth-order valence-corrected chi connectivity index (χ4v) is 10.3. The summed E-state index contributed by atoms with van der Waals surface area (Å²) in [6.07, 6.45) is -1.62. The van der Waals surface area contributed by atoms with Gasteiger partial charge in [0.2, 0.25) is 33.3 Å². The van der Waals surface area contributed by atoms with E-state index in [1.165, 1.54) is 18.9 Å². The van der Waals surface area contributed by atoms with Crippen LogP contribution in [0.25, 0.3) is 22.0 Å². The number of ether oxygens (including phenoxy) is 5. The normalized spacial score (nSPS) is 27.8. The molecule has 0 radical (unpaired) electrons. The van der Waals surface area contributed by atoms with Crippen LogP contribution in [0.15, 0.2) is 54.6 Å². The van der Waals surface area contributed by atoms with E-state index in [0.717, 1.165) is 0 Å². The average molecular weight is 956 g/mol. The molecule has 2 aliphatic carbocycles. The van der Waals surface area contributed by atoms with Crippen molar-refractivity contribution in [3.8, 4) is 34.4 Å². The van der Waals surface area contributed by atoms with Crippen molar-refractivity contribution in [2.75, 3.05) is 26.9 Å². The van der Waals surface area contributed by atoms with Gasteiger partial charge in [-0.05, 0) is 119 Å². The van der Waals surface area contributed by atoms with E-state index in [1.54, 1.807) is 43.3 Å². The van der Waals surface area contributed by atoms with E-state index in [-0.39, 0.29) is 31.2 Å². The Balaban J connectivity index is 1.16. The number of nitrogens with one attached hydrogen (secondary N) is 3. The first-order chi connectivity index (χ1) is 31.5. The zero-order valence-corrected chi connectivity index (χ0v) is 39.0. The number of aromatic nitrogens is 1. The third-order valence-corrected chi connectivity index (χ3v) is 15.8. The number of nitrogens with zero attached hydrogens (tertiary/aromatic N) is 2. The quantitative estimate of drug-likeness (QED) is 0.201. The van der Waals surface area contributed by atoms with Gasteiger partial charge >= 0.3 is 12.3 Å². The second-order valence-electron chi connectivity index (χ2n) is 19.2. The van der Waals surface area contributed by atoms with Gasteiger partial charge in [-0.1, -0.05) is 26.0 Å². The highest BCUT2D eigenvalue weighted by atomic mass is 32.2. The van der Waals surface area contributed by atoms with Crippen LogP contribution in [0.4, 0.5) is 18.0 Å². The first-order valence-corrected chi connectivity index (χ1v) is 24.0. The SMILES string of the molecule is COc1ccc2c(OC3C[C@H]4C(=O)N[C@]5(C(=O)NS(=O)(=O)C6(C)CC6)CC5/C=C\CC[C@@H](C)C[C@@H](C)[C@H](NC(=O)OC(C)(C)C(F)(F)F)C(=O)N4C3)nc(-c3ccc4c(c3)OCCO4)cc2c1. The summed E-state index contributed by atoms with van der Waals surface area (Å²) in [5.74, 6) is -2.03. The highest BCUT2D eigenvalue weighted by Gasteiger charge is 2.63. The lowest BCUT2D eigenvalue weighted by Gasteiger charge is -2.34. The van der Waals surface area contributed by atoms with Gasteiger partial charge in [0, 0.05) is 23.3 Å². The number of halogens is 3. The molecule has 16 nitrogen and oxygen atoms in total. The summed E-state index contributed by atoms with van der Waals surface area (Å²) in [7, 11) is -2.58. The lowest BCUT2D eigenvalue weighted by molar-refractivity contribution is -0.244. The van der Waals surface area contributed by atoms with E-state index in [9.17, 15) is 36.0 Å². The third-order valence-electron chi connectivity index (χ3n) is 13.7. The number of alkyl halides is 3. The Kier molecular flexibility index (Phi) is 12.6. The summed E-state index contributed by atoms with van der Waals surface area (Å²) < 4.78 is 98.0. The van der Waals surface area contributed by atoms with E-state index in [4.69, 9.17) is 28.7 Å². The number of pyridine rings is 1. The molecule has 20 heteroatoms. The molecule has 2 unspecified atom stereocenters. The first-order valence-electron chi connectivity index (χ1n) is 22.5. The summed E-state index contributed by atoms with van der Waals surface area (Å²) in [5, 5.41) is 6.48. The van der Waals surface area contributed by atoms with Crippen molar-refractivity contribution in [3.63, 3.8) is 0 Å². The van der Waals surface area contributed by atoms with Crippen molar-refractivity contribution >= 4 is 44.6 Å². The number of sulfonamides is 1. The minimum Gasteiger partial charge on any atom is -0.497 e. The molecule has 3 aromatic rings. The van der Waals surface area contributed by atoms with Crippen molar-refractivity contribution < 1.29 is 64.5 Å². The summed E-state index contributed by atoms with van der Waals surface area (Å²) in [6.45, 7) is 7.05. The molecule has 1 aromatic heterocycles. The largest absolute Gasteiger partial charge is 0.497 e. The fourth-order valence-electron chi connectivity index (χ4n) is 8.97. The smallest absolute Gasteiger partial charge is 0.427 e. The lowest BCUT2D eigenvalue weighted by atomic mass is 9.88. The van der Waals surface area contributed by atoms with Crippen molar-refractivity contribution in [1.82, 2.24) is 25.2 Å². The van der Waals surface area contributed by atoms with Crippen LogP contribution in [0.5, 0.6) is 23.1 Å². The summed E-state index contributed by atoms with van der Waals surface area (Å²) in [6, 6.07) is 9.66. The monoisotopic (exact) mass is 955 g/mol. The number of rotatable bonds is 9. The second-order valence-corrected chi connectivity index (χ2v) is 21.4. The van der Waals surface area contributed by atoms with Crippen molar-refractivity contribution in [3.05, 3.63) is 54.6 Å². The minimum absolute atomic E-state index is 0.0640. The number of hydrogen-bond acceptors (Lipinski definition) is 12. The van der Waals surface area contributed by atoms with Gasteiger partial charge in [-0.2, -0.15) is 13.2 Å². The van der Waals surface area contributed by atoms with Gasteiger partial charge in [0.05, 0.1) is 24.1 Å². The number of hydrogen-bond donors (Lipinski definition) is 3. The standard InChI is InChI=1S/C47H56F3N5O11S/c1-26-9-7-8-10-30-24-46(30,42(58)54-67(60,61)45(5)15-16-45)53-39(56)35-23-32(25-55(35)41(57)38(27(2)19-26)52-43(59)66-44(3,4)47(48,49)50)65-40-33-13-12-31(62-6)20-29(33)21-34(51-40)28-11-14-36-37(22-28)64-18-17-63-36/h8,10-14,20-22,26-27,30,32,35,38H,7,9,15-19,23-25H2,1-6H3,(H,52,59)(H,53,56)(H,54,58)/b10-8-/t26-,27-,30?,32?,35+,38+,46-/m1/s1. The molecule has 8 rings (SSSR count). The number of methoxy groups -OCH3 is 1. The van der Waals surface area contributed by atoms with Gasteiger partial charge in [-0.15, -0.1) is 0 Å². The van der Waals surface area contributed by atoms with E-state index >= 15 is 4.79 Å². The molecule has 0 bridgehead atoms. The Morgan fingerprint density at radius 1 is 1.00 bits per heavy atom. The van der Waals surface area contributed by atoms with Gasteiger partial charge in [-0.25, -0.2) is 18.2 Å². The highest BCUT2D eigenvalue weighted by Crippen LogP contribution is 2.48. The van der Waals surface area contributed by atoms with Crippen molar-refractivity contribution in [2.45, 2.75) is 120 Å². The molecule has 67 heavy (non-hydrogen) atoms. The third kappa shape index (κ3) is 9.68. The van der Waals surface area contributed by atoms with Crippen molar-refractivity contribution in [2.24, 2.45) is 17.8 Å². The van der Waals surface area contributed by atoms with Crippen LogP contribution in [-0.2, 0) is 29.1 Å². The number of alkyl carbamates (subject to hydrolysis) is 1. The van der Waals surface area contributed by atoms with E-state index in [0.29, 0.717) is 98.4 Å². The Morgan fingerprint density at radius 3 is 2.43 bits per heavy atom. The Bertz CT molecular complexity index is 2600. The molecule has 2 saturated carbocycles. The maximum absolute atomic E-state index is 15.0. The number of carbonyl (C=O) groups excluding carboxylic acids is 4. The molecule has 4 heterocycles. The van der Waals surface area contributed by atoms with E-state index in [1.807, 2.05) is 25.1 Å². The molecule has 4 amide bonds. The van der Waals surface area contributed by atoms with Crippen LogP contribution in [0, 0.1) is 17.8 Å². The van der Waals surface area contributed by atoms with Gasteiger partial charge in [0.1, 0.15) is 42.7 Å². The zero-order valence-electron chi connectivity index (χ0n) is 38.2. The van der Waals surface area contributed by atoms with Gasteiger partial charge in [0.25, 0.3) is 5.91 Å². The predicted molar refractivity (Wildman–Crippen MR) is 238 cm³/mol. The zero-order chi connectivity index (χ0) is 48.3. The molecule has 3 fully saturated rings. The van der Waals surface area contributed by atoms with Gasteiger partial charge in [-0.3, -0.25) is 19.1 Å². The molecule has 1 saturated heterocycles. The second kappa shape index (κ2) is 17.7. The number of amides is 4. The molecule has 3 N–H and O–H groups in total. The molecule has 0 spiro atoms. The number of allylic oxidation sites excluding steroid dienone is 1. The van der Waals surface area contributed by atoms with Crippen LogP contribution in [0.2, 0.25) is 0 Å². The molecular weight excluding hydrogens is 900 g/mol. The van der Waals surface area contributed by atoms with Gasteiger partial charge < -0.3 is 39.2 Å². The summed E-state index contributed by atoms with van der Waals surface area (Å²) in [4.78, 5) is 63.4. The lowest BCUT2D eigenvalue weighted by Crippen LogP contribution is -2.59. The number of fused-ring (bicyclic) bond motifs is 4. The summed E-state index contributed by atoms with van der Waals surface area (Å²) in [5.41, 5.74) is -3.44. The Hall–Kier alpha value is -5.79. The average Bonchev–Trinajstić information content (AvgIpc) is 4.15. The van der Waals surface area contributed by atoms with Crippen LogP contribution in [0.1, 0.15) is 79.6 Å². The summed E-state index contributed by atoms with van der Waals surface area (Å²) >= 11 is 0. The Labute approximate surface area is 386 Å². The first kappa shape index (κ1) is 47.7. The van der Waals surface area contributed by atoms with Crippen LogP contribution in [-0.4, -0.2) is 109 Å². The molecule has 2 aromatic carbocycles. The molecule has 362 valence electrons. The maximum Gasteiger partial charge on any atom is 0.427 e. The number of carbonyl (C=O) groups is 4. The van der Waals surface area contributed by atoms with Crippen molar-refractivity contribution in [1.29, 1.82) is 0 Å². The predicted octanol–water partition coefficient (Wildman–Crippen LogP) is 6.35. The molecule has 7 atom stereocenters. The van der Waals surface area contributed by atoms with Crippen LogP contribution in [0.3, 0.4) is 0 Å². The number of benzene rings is 2. The minimum atomic E-state index is -4.94. The van der Waals surface area contributed by atoms with Crippen LogP contribution >= 0.6 is 0 Å². The van der Waals surface area contributed by atoms with Gasteiger partial charge in [0.15, 0.2) is 11.5 Å². The van der Waals surface area contributed by atoms with Crippen LogP contribution < -0.4 is 34.3 Å². The fraction of sp³-hybridized carbons (Fsp3) is 0.553. The topological polar surface area (TPSA) is 201 Å². The molecule has 5 aliphatic rings.